The summed E-state index contributed by atoms with van der Waals surface area (Å²) in [5.41, 5.74) is 5.07. The number of hydrogen-bond donors (Lipinski definition) is 2. The molecule has 0 radical (unpaired) electrons. The van der Waals surface area contributed by atoms with E-state index in [1.807, 2.05) is 48.7 Å². The van der Waals surface area contributed by atoms with Crippen molar-refractivity contribution in [1.82, 2.24) is 10.4 Å². The largest absolute Gasteiger partial charge is 0.271 e. The molecule has 100 valence electrons. The van der Waals surface area contributed by atoms with Gasteiger partial charge in [-0.15, -0.1) is 0 Å². The molecular weight excluding hydrogens is 258 g/mol. The summed E-state index contributed by atoms with van der Waals surface area (Å²) < 4.78 is 0. The van der Waals surface area contributed by atoms with Crippen LogP contribution in [0.3, 0.4) is 0 Å². The molecule has 2 aromatic rings. The Morgan fingerprint density at radius 1 is 1.16 bits per heavy atom. The molecule has 0 aliphatic rings. The fourth-order valence-electron chi connectivity index (χ4n) is 2.04. The standard InChI is InChI=1S/C15H18ClN3/c16-15-7-2-1-5-12(15)11-14(19-17)9-8-13-6-3-4-10-18-13/h1-7,10,14,19H,8-9,11,17H2. The second-order valence-electron chi connectivity index (χ2n) is 4.52. The lowest BCUT2D eigenvalue weighted by Gasteiger charge is -2.16. The van der Waals surface area contributed by atoms with E-state index in [0.29, 0.717) is 0 Å². The number of nitrogens with one attached hydrogen (secondary N) is 1. The van der Waals surface area contributed by atoms with Gasteiger partial charge in [0, 0.05) is 23.0 Å². The molecular formula is C15H18ClN3. The van der Waals surface area contributed by atoms with Gasteiger partial charge in [0.2, 0.25) is 0 Å². The van der Waals surface area contributed by atoms with E-state index in [4.69, 9.17) is 17.4 Å². The highest BCUT2D eigenvalue weighted by Crippen LogP contribution is 2.17. The van der Waals surface area contributed by atoms with Gasteiger partial charge >= 0.3 is 0 Å². The van der Waals surface area contributed by atoms with Crippen LogP contribution in [-0.4, -0.2) is 11.0 Å². The van der Waals surface area contributed by atoms with Crippen LogP contribution in [-0.2, 0) is 12.8 Å². The number of benzene rings is 1. The van der Waals surface area contributed by atoms with E-state index in [1.54, 1.807) is 0 Å². The van der Waals surface area contributed by atoms with Gasteiger partial charge < -0.3 is 0 Å². The third kappa shape index (κ3) is 4.31. The minimum Gasteiger partial charge on any atom is -0.271 e. The maximum Gasteiger partial charge on any atom is 0.0438 e. The number of halogens is 1. The summed E-state index contributed by atoms with van der Waals surface area (Å²) >= 11 is 6.16. The second-order valence-corrected chi connectivity index (χ2v) is 4.93. The lowest BCUT2D eigenvalue weighted by atomic mass is 10.0. The lowest BCUT2D eigenvalue weighted by molar-refractivity contribution is 0.489. The van der Waals surface area contributed by atoms with E-state index < -0.39 is 0 Å². The van der Waals surface area contributed by atoms with Gasteiger partial charge in [0.25, 0.3) is 0 Å². The van der Waals surface area contributed by atoms with E-state index in [1.165, 1.54) is 0 Å². The maximum atomic E-state index is 6.16. The maximum absolute atomic E-state index is 6.16. The first-order valence-electron chi connectivity index (χ1n) is 6.39. The van der Waals surface area contributed by atoms with Gasteiger partial charge in [-0.3, -0.25) is 16.3 Å². The molecule has 0 amide bonds. The molecule has 1 aromatic carbocycles. The van der Waals surface area contributed by atoms with Crippen molar-refractivity contribution in [1.29, 1.82) is 0 Å². The van der Waals surface area contributed by atoms with Crippen LogP contribution in [0.15, 0.2) is 48.7 Å². The normalized spacial score (nSPS) is 12.3. The van der Waals surface area contributed by atoms with Gasteiger partial charge in [0.1, 0.15) is 0 Å². The first-order valence-corrected chi connectivity index (χ1v) is 6.77. The van der Waals surface area contributed by atoms with Gasteiger partial charge in [0.05, 0.1) is 0 Å². The molecule has 0 fully saturated rings. The fourth-order valence-corrected chi connectivity index (χ4v) is 2.25. The molecule has 0 bridgehead atoms. The van der Waals surface area contributed by atoms with Gasteiger partial charge in [-0.2, -0.15) is 0 Å². The van der Waals surface area contributed by atoms with E-state index >= 15 is 0 Å². The van der Waals surface area contributed by atoms with E-state index in [0.717, 1.165) is 35.5 Å². The van der Waals surface area contributed by atoms with Crippen molar-refractivity contribution in [2.75, 3.05) is 0 Å². The predicted octanol–water partition coefficient (Wildman–Crippen LogP) is 2.74. The van der Waals surface area contributed by atoms with Crippen LogP contribution in [0.2, 0.25) is 5.02 Å². The van der Waals surface area contributed by atoms with Crippen LogP contribution in [0, 0.1) is 0 Å². The molecule has 0 saturated carbocycles. The average molecular weight is 276 g/mol. The smallest absolute Gasteiger partial charge is 0.0438 e. The highest BCUT2D eigenvalue weighted by molar-refractivity contribution is 6.31. The molecule has 19 heavy (non-hydrogen) atoms. The SMILES string of the molecule is NNC(CCc1ccccn1)Cc1ccccc1Cl. The Hall–Kier alpha value is -1.42. The minimum atomic E-state index is 0.196. The van der Waals surface area contributed by atoms with Crippen LogP contribution in [0.25, 0.3) is 0 Å². The molecule has 3 nitrogen and oxygen atoms in total. The number of aromatic nitrogens is 1. The van der Waals surface area contributed by atoms with Crippen LogP contribution in [0.1, 0.15) is 17.7 Å². The number of rotatable bonds is 6. The third-order valence-corrected chi connectivity index (χ3v) is 3.50. The van der Waals surface area contributed by atoms with Crippen molar-refractivity contribution in [3.8, 4) is 0 Å². The molecule has 0 aliphatic carbocycles. The Kier molecular flexibility index (Phi) is 5.33. The van der Waals surface area contributed by atoms with Gasteiger partial charge in [-0.25, -0.2) is 0 Å². The highest BCUT2D eigenvalue weighted by atomic mass is 35.5. The molecule has 0 spiro atoms. The Morgan fingerprint density at radius 2 is 1.95 bits per heavy atom. The number of hydrazine groups is 1. The van der Waals surface area contributed by atoms with Crippen molar-refractivity contribution in [2.45, 2.75) is 25.3 Å². The summed E-state index contributed by atoms with van der Waals surface area (Å²) in [4.78, 5) is 4.31. The molecule has 4 heteroatoms. The van der Waals surface area contributed by atoms with Crippen molar-refractivity contribution < 1.29 is 0 Å². The summed E-state index contributed by atoms with van der Waals surface area (Å²) in [6.07, 6.45) is 4.47. The number of nitrogens with zero attached hydrogens (tertiary/aromatic N) is 1. The van der Waals surface area contributed by atoms with E-state index in [2.05, 4.69) is 10.4 Å². The van der Waals surface area contributed by atoms with Crippen LogP contribution in [0.4, 0.5) is 0 Å². The van der Waals surface area contributed by atoms with Crippen molar-refractivity contribution in [3.05, 3.63) is 64.9 Å². The summed E-state index contributed by atoms with van der Waals surface area (Å²) in [5, 5.41) is 0.792. The number of aryl methyl sites for hydroxylation is 1. The van der Waals surface area contributed by atoms with Gasteiger partial charge in [-0.05, 0) is 43.0 Å². The number of nitrogens with two attached hydrogens (primary N) is 1. The molecule has 1 aromatic heterocycles. The minimum absolute atomic E-state index is 0.196. The molecule has 2 rings (SSSR count). The monoisotopic (exact) mass is 275 g/mol. The molecule has 3 N–H and O–H groups in total. The number of pyridine rings is 1. The topological polar surface area (TPSA) is 50.9 Å². The molecule has 1 heterocycles. The van der Waals surface area contributed by atoms with E-state index in [9.17, 15) is 0 Å². The predicted molar refractivity (Wildman–Crippen MR) is 78.8 cm³/mol. The van der Waals surface area contributed by atoms with Crippen molar-refractivity contribution in [3.63, 3.8) is 0 Å². The Balaban J connectivity index is 1.92. The Bertz CT molecular complexity index is 502. The number of hydrogen-bond acceptors (Lipinski definition) is 3. The Morgan fingerprint density at radius 3 is 2.63 bits per heavy atom. The van der Waals surface area contributed by atoms with E-state index in [-0.39, 0.29) is 6.04 Å². The summed E-state index contributed by atoms with van der Waals surface area (Å²) in [6.45, 7) is 0. The molecule has 1 unspecified atom stereocenters. The Labute approximate surface area is 118 Å². The summed E-state index contributed by atoms with van der Waals surface area (Å²) in [7, 11) is 0. The second kappa shape index (κ2) is 7.24. The zero-order valence-corrected chi connectivity index (χ0v) is 11.5. The first kappa shape index (κ1) is 14.0. The lowest BCUT2D eigenvalue weighted by Crippen LogP contribution is -2.37. The van der Waals surface area contributed by atoms with Crippen molar-refractivity contribution in [2.24, 2.45) is 5.84 Å². The first-order chi connectivity index (χ1) is 9.29. The van der Waals surface area contributed by atoms with Crippen LogP contribution in [0.5, 0.6) is 0 Å². The quantitative estimate of drug-likeness (QED) is 0.630. The van der Waals surface area contributed by atoms with Crippen LogP contribution >= 0.6 is 11.6 Å². The molecule has 0 aliphatic heterocycles. The van der Waals surface area contributed by atoms with Gasteiger partial charge in [0.15, 0.2) is 0 Å². The average Bonchev–Trinajstić information content (AvgIpc) is 2.46. The summed E-state index contributed by atoms with van der Waals surface area (Å²) in [6, 6.07) is 14.0. The summed E-state index contributed by atoms with van der Waals surface area (Å²) in [5.74, 6) is 5.62. The van der Waals surface area contributed by atoms with Crippen molar-refractivity contribution >= 4 is 11.6 Å². The van der Waals surface area contributed by atoms with Gasteiger partial charge in [-0.1, -0.05) is 35.9 Å². The molecule has 1 atom stereocenters. The zero-order valence-electron chi connectivity index (χ0n) is 10.7. The molecule has 0 saturated heterocycles. The zero-order chi connectivity index (χ0) is 13.5. The van der Waals surface area contributed by atoms with Crippen LogP contribution < -0.4 is 11.3 Å². The highest BCUT2D eigenvalue weighted by Gasteiger charge is 2.10. The fraction of sp³-hybridized carbons (Fsp3) is 0.267. The third-order valence-electron chi connectivity index (χ3n) is 3.13.